The molecule has 1 aliphatic rings. The number of carbonyl (C=O) groups excluding carboxylic acids is 1. The van der Waals surface area contributed by atoms with Crippen LogP contribution in [0.1, 0.15) is 6.92 Å². The number of nitrogens with one attached hydrogen (secondary N) is 1. The van der Waals surface area contributed by atoms with Crippen LogP contribution in [0.15, 0.2) is 57.9 Å². The van der Waals surface area contributed by atoms with Crippen molar-refractivity contribution in [3.8, 4) is 5.75 Å². The number of rotatable bonds is 6. The van der Waals surface area contributed by atoms with Gasteiger partial charge in [0, 0.05) is 23.2 Å². The molecule has 1 saturated heterocycles. The van der Waals surface area contributed by atoms with E-state index in [1.54, 1.807) is 31.2 Å². The molecule has 9 heteroatoms. The number of sulfonamides is 1. The molecule has 0 bridgehead atoms. The lowest BCUT2D eigenvalue weighted by Crippen LogP contribution is -2.40. The number of hydrogen-bond donors (Lipinski definition) is 1. The molecule has 1 fully saturated rings. The average Bonchev–Trinajstić information content (AvgIpc) is 2.70. The molecule has 2 aromatic rings. The maximum absolute atomic E-state index is 12.6. The fraction of sp³-hybridized carbons (Fsp3) is 0.316. The van der Waals surface area contributed by atoms with Crippen LogP contribution in [0.25, 0.3) is 0 Å². The van der Waals surface area contributed by atoms with E-state index in [9.17, 15) is 13.2 Å². The van der Waals surface area contributed by atoms with Gasteiger partial charge in [-0.1, -0.05) is 15.9 Å². The number of halogens is 1. The molecule has 1 atom stereocenters. The SMILES string of the molecule is CC(Oc1ccc(S(=O)(=O)N2CCOCC2)cc1)C(=O)Nc1ccc(Br)cc1. The van der Waals surface area contributed by atoms with Crippen molar-refractivity contribution in [3.63, 3.8) is 0 Å². The second-order valence-corrected chi connectivity index (χ2v) is 9.10. The molecule has 28 heavy (non-hydrogen) atoms. The lowest BCUT2D eigenvalue weighted by Gasteiger charge is -2.26. The van der Waals surface area contributed by atoms with Gasteiger partial charge in [-0.3, -0.25) is 4.79 Å². The summed E-state index contributed by atoms with van der Waals surface area (Å²) in [5.41, 5.74) is 0.663. The molecule has 0 aromatic heterocycles. The third-order valence-electron chi connectivity index (χ3n) is 4.23. The van der Waals surface area contributed by atoms with Crippen molar-refractivity contribution in [2.45, 2.75) is 17.9 Å². The number of ether oxygens (including phenoxy) is 2. The zero-order chi connectivity index (χ0) is 20.1. The van der Waals surface area contributed by atoms with Gasteiger partial charge >= 0.3 is 0 Å². The number of morpholine rings is 1. The molecule has 0 spiro atoms. The van der Waals surface area contributed by atoms with E-state index in [0.29, 0.717) is 37.7 Å². The fourth-order valence-corrected chi connectivity index (χ4v) is 4.33. The van der Waals surface area contributed by atoms with Crippen LogP contribution in [-0.4, -0.2) is 51.0 Å². The van der Waals surface area contributed by atoms with E-state index in [0.717, 1.165) is 4.47 Å². The van der Waals surface area contributed by atoms with E-state index in [2.05, 4.69) is 21.2 Å². The summed E-state index contributed by atoms with van der Waals surface area (Å²) in [5.74, 6) is 0.117. The monoisotopic (exact) mass is 468 g/mol. The maximum Gasteiger partial charge on any atom is 0.265 e. The normalized spacial score (nSPS) is 16.4. The van der Waals surface area contributed by atoms with Gasteiger partial charge in [0.05, 0.1) is 18.1 Å². The Labute approximate surface area is 172 Å². The van der Waals surface area contributed by atoms with Crippen molar-refractivity contribution >= 4 is 37.5 Å². The Morgan fingerprint density at radius 1 is 1.11 bits per heavy atom. The quantitative estimate of drug-likeness (QED) is 0.704. The summed E-state index contributed by atoms with van der Waals surface area (Å²) >= 11 is 3.34. The van der Waals surface area contributed by atoms with Crippen molar-refractivity contribution in [2.75, 3.05) is 31.6 Å². The van der Waals surface area contributed by atoms with Gasteiger partial charge in [-0.2, -0.15) is 4.31 Å². The topological polar surface area (TPSA) is 84.9 Å². The van der Waals surface area contributed by atoms with Crippen LogP contribution in [-0.2, 0) is 19.6 Å². The Morgan fingerprint density at radius 3 is 2.32 bits per heavy atom. The molecule has 0 saturated carbocycles. The van der Waals surface area contributed by atoms with Crippen LogP contribution in [0.4, 0.5) is 5.69 Å². The van der Waals surface area contributed by atoms with Gasteiger partial charge in [0.1, 0.15) is 5.75 Å². The summed E-state index contributed by atoms with van der Waals surface area (Å²) in [7, 11) is -3.55. The van der Waals surface area contributed by atoms with Crippen LogP contribution in [0.5, 0.6) is 5.75 Å². The fourth-order valence-electron chi connectivity index (χ4n) is 2.66. The summed E-state index contributed by atoms with van der Waals surface area (Å²) in [6.45, 7) is 3.10. The van der Waals surface area contributed by atoms with Crippen molar-refractivity contribution in [1.82, 2.24) is 4.31 Å². The highest BCUT2D eigenvalue weighted by atomic mass is 79.9. The predicted molar refractivity (Wildman–Crippen MR) is 109 cm³/mol. The lowest BCUT2D eigenvalue weighted by atomic mass is 10.3. The predicted octanol–water partition coefficient (Wildman–Crippen LogP) is 2.88. The summed E-state index contributed by atoms with van der Waals surface area (Å²) in [6, 6.07) is 13.3. The molecule has 3 rings (SSSR count). The first-order chi connectivity index (χ1) is 13.4. The minimum Gasteiger partial charge on any atom is -0.481 e. The first-order valence-electron chi connectivity index (χ1n) is 8.77. The third-order valence-corrected chi connectivity index (χ3v) is 6.67. The Kier molecular flexibility index (Phi) is 6.71. The molecule has 1 amide bonds. The standard InChI is InChI=1S/C19H21BrN2O5S/c1-14(19(23)21-16-4-2-15(20)3-5-16)27-17-6-8-18(9-7-17)28(24,25)22-10-12-26-13-11-22/h2-9,14H,10-13H2,1H3,(H,21,23). The largest absolute Gasteiger partial charge is 0.481 e. The van der Waals surface area contributed by atoms with Gasteiger partial charge in [-0.15, -0.1) is 0 Å². The number of carbonyl (C=O) groups is 1. The first kappa shape index (κ1) is 20.8. The summed E-state index contributed by atoms with van der Waals surface area (Å²) in [4.78, 5) is 12.5. The van der Waals surface area contributed by atoms with Gasteiger partial charge in [-0.05, 0) is 55.5 Å². The van der Waals surface area contributed by atoms with Gasteiger partial charge in [0.25, 0.3) is 5.91 Å². The lowest BCUT2D eigenvalue weighted by molar-refractivity contribution is -0.122. The highest BCUT2D eigenvalue weighted by Crippen LogP contribution is 2.21. The maximum atomic E-state index is 12.6. The highest BCUT2D eigenvalue weighted by molar-refractivity contribution is 9.10. The molecule has 7 nitrogen and oxygen atoms in total. The zero-order valence-electron chi connectivity index (χ0n) is 15.3. The molecular formula is C19H21BrN2O5S. The Morgan fingerprint density at radius 2 is 1.71 bits per heavy atom. The second-order valence-electron chi connectivity index (χ2n) is 6.24. The summed E-state index contributed by atoms with van der Waals surface area (Å²) in [6.07, 6.45) is -0.745. The van der Waals surface area contributed by atoms with Crippen LogP contribution < -0.4 is 10.1 Å². The van der Waals surface area contributed by atoms with Crippen LogP contribution in [0, 0.1) is 0 Å². The van der Waals surface area contributed by atoms with Crippen molar-refractivity contribution in [1.29, 1.82) is 0 Å². The van der Waals surface area contributed by atoms with E-state index < -0.39 is 16.1 Å². The molecule has 0 radical (unpaired) electrons. The molecule has 0 aliphatic carbocycles. The van der Waals surface area contributed by atoms with Gasteiger partial charge in [-0.25, -0.2) is 8.42 Å². The van der Waals surface area contributed by atoms with E-state index in [1.807, 2.05) is 12.1 Å². The molecule has 1 aliphatic heterocycles. The number of anilines is 1. The van der Waals surface area contributed by atoms with E-state index in [-0.39, 0.29) is 10.8 Å². The minimum absolute atomic E-state index is 0.189. The van der Waals surface area contributed by atoms with E-state index >= 15 is 0 Å². The van der Waals surface area contributed by atoms with Gasteiger partial charge < -0.3 is 14.8 Å². The van der Waals surface area contributed by atoms with Crippen LogP contribution >= 0.6 is 15.9 Å². The highest BCUT2D eigenvalue weighted by Gasteiger charge is 2.26. The number of hydrogen-bond acceptors (Lipinski definition) is 5. The van der Waals surface area contributed by atoms with Crippen molar-refractivity contribution < 1.29 is 22.7 Å². The summed E-state index contributed by atoms with van der Waals surface area (Å²) < 4.78 is 38.4. The molecule has 150 valence electrons. The Hall–Kier alpha value is -1.94. The second kappa shape index (κ2) is 9.04. The number of amides is 1. The molecule has 1 heterocycles. The number of nitrogens with zero attached hydrogens (tertiary/aromatic N) is 1. The molecule has 2 aromatic carbocycles. The van der Waals surface area contributed by atoms with E-state index in [4.69, 9.17) is 9.47 Å². The van der Waals surface area contributed by atoms with Gasteiger partial charge in [0.15, 0.2) is 6.10 Å². The van der Waals surface area contributed by atoms with Gasteiger partial charge in [0.2, 0.25) is 10.0 Å². The zero-order valence-corrected chi connectivity index (χ0v) is 17.7. The Balaban J connectivity index is 1.61. The summed E-state index contributed by atoms with van der Waals surface area (Å²) in [5, 5.41) is 2.77. The van der Waals surface area contributed by atoms with Crippen molar-refractivity contribution in [3.05, 3.63) is 53.0 Å². The molecular weight excluding hydrogens is 448 g/mol. The van der Waals surface area contributed by atoms with E-state index in [1.165, 1.54) is 16.4 Å². The van der Waals surface area contributed by atoms with Crippen LogP contribution in [0.3, 0.4) is 0 Å². The van der Waals surface area contributed by atoms with Crippen LogP contribution in [0.2, 0.25) is 0 Å². The first-order valence-corrected chi connectivity index (χ1v) is 11.0. The third kappa shape index (κ3) is 5.11. The Bertz CT molecular complexity index is 910. The van der Waals surface area contributed by atoms with Crippen molar-refractivity contribution in [2.24, 2.45) is 0 Å². The molecule has 1 N–H and O–H groups in total. The smallest absolute Gasteiger partial charge is 0.265 e. The average molecular weight is 469 g/mol. The number of benzene rings is 2. The minimum atomic E-state index is -3.55. The molecule has 1 unspecified atom stereocenters.